The molecule has 0 aliphatic heterocycles. The number of nitrogens with one attached hydrogen (secondary N) is 1. The van der Waals surface area contributed by atoms with Crippen molar-refractivity contribution in [3.8, 4) is 0 Å². The highest BCUT2D eigenvalue weighted by Crippen LogP contribution is 1.98. The molecule has 0 aliphatic rings. The first-order valence-electron chi connectivity index (χ1n) is 5.53. The van der Waals surface area contributed by atoms with E-state index in [0.29, 0.717) is 18.3 Å². The Labute approximate surface area is 90.4 Å². The number of nitrogens with zero attached hydrogens (tertiary/aromatic N) is 2. The second-order valence-corrected chi connectivity index (χ2v) is 3.61. The number of aromatic nitrogens is 2. The van der Waals surface area contributed by atoms with E-state index in [2.05, 4.69) is 15.5 Å². The summed E-state index contributed by atoms with van der Waals surface area (Å²) in [7, 11) is 0. The molecule has 0 saturated carbocycles. The Bertz CT molecular complexity index is 262. The molecule has 3 N–H and O–H groups in total. The molecule has 86 valence electrons. The molecule has 5 heteroatoms. The molecule has 1 aromatic rings. The fourth-order valence-corrected chi connectivity index (χ4v) is 1.36. The van der Waals surface area contributed by atoms with Gasteiger partial charge in [0, 0.05) is 0 Å². The minimum atomic E-state index is 0.662. The van der Waals surface area contributed by atoms with Crippen molar-refractivity contribution in [2.45, 2.75) is 39.2 Å². The number of rotatable bonds is 8. The van der Waals surface area contributed by atoms with E-state index in [1.165, 1.54) is 19.3 Å². The third-order valence-corrected chi connectivity index (χ3v) is 2.15. The Morgan fingerprint density at radius 2 is 2.07 bits per heavy atom. The minimum Gasteiger partial charge on any atom is -0.338 e. The summed E-state index contributed by atoms with van der Waals surface area (Å²) in [6.07, 6.45) is 4.75. The fourth-order valence-electron chi connectivity index (χ4n) is 1.36. The molecule has 0 aromatic carbocycles. The SMILES string of the molecule is Cc1noc(CNCCCCCCN)n1. The van der Waals surface area contributed by atoms with E-state index in [0.717, 1.165) is 19.5 Å². The number of hydrogen-bond acceptors (Lipinski definition) is 5. The summed E-state index contributed by atoms with van der Waals surface area (Å²) in [5, 5.41) is 6.98. The Balaban J connectivity index is 1.93. The van der Waals surface area contributed by atoms with Gasteiger partial charge in [0.2, 0.25) is 5.89 Å². The zero-order valence-electron chi connectivity index (χ0n) is 9.33. The average Bonchev–Trinajstić information content (AvgIpc) is 2.63. The van der Waals surface area contributed by atoms with Crippen molar-refractivity contribution in [3.63, 3.8) is 0 Å². The monoisotopic (exact) mass is 212 g/mol. The van der Waals surface area contributed by atoms with Crippen molar-refractivity contribution in [2.75, 3.05) is 13.1 Å². The van der Waals surface area contributed by atoms with Crippen LogP contribution in [0.4, 0.5) is 0 Å². The predicted octanol–water partition coefficient (Wildman–Crippen LogP) is 0.987. The van der Waals surface area contributed by atoms with Crippen LogP contribution in [0.5, 0.6) is 0 Å². The molecule has 0 amide bonds. The highest BCUT2D eigenvalue weighted by molar-refractivity contribution is 4.81. The van der Waals surface area contributed by atoms with Gasteiger partial charge in [0.15, 0.2) is 5.82 Å². The summed E-state index contributed by atoms with van der Waals surface area (Å²) in [4.78, 5) is 4.10. The first-order chi connectivity index (χ1) is 7.33. The maximum absolute atomic E-state index is 5.40. The van der Waals surface area contributed by atoms with Gasteiger partial charge in [-0.15, -0.1) is 0 Å². The van der Waals surface area contributed by atoms with Gasteiger partial charge < -0.3 is 15.6 Å². The van der Waals surface area contributed by atoms with Crippen molar-refractivity contribution in [2.24, 2.45) is 5.73 Å². The molecule has 0 bridgehead atoms. The maximum Gasteiger partial charge on any atom is 0.240 e. The molecule has 0 spiro atoms. The second-order valence-electron chi connectivity index (χ2n) is 3.61. The van der Waals surface area contributed by atoms with Crippen LogP contribution in [-0.2, 0) is 6.54 Å². The van der Waals surface area contributed by atoms with Crippen LogP contribution in [-0.4, -0.2) is 23.2 Å². The molecule has 0 unspecified atom stereocenters. The van der Waals surface area contributed by atoms with Gasteiger partial charge in [-0.3, -0.25) is 0 Å². The number of nitrogens with two attached hydrogens (primary N) is 1. The summed E-state index contributed by atoms with van der Waals surface area (Å²) in [5.74, 6) is 1.35. The largest absolute Gasteiger partial charge is 0.338 e. The Hall–Kier alpha value is -0.940. The Morgan fingerprint density at radius 1 is 1.27 bits per heavy atom. The molecule has 0 radical (unpaired) electrons. The van der Waals surface area contributed by atoms with E-state index in [4.69, 9.17) is 10.3 Å². The van der Waals surface area contributed by atoms with E-state index >= 15 is 0 Å². The minimum absolute atomic E-state index is 0.662. The fraction of sp³-hybridized carbons (Fsp3) is 0.800. The van der Waals surface area contributed by atoms with E-state index < -0.39 is 0 Å². The second kappa shape index (κ2) is 7.36. The van der Waals surface area contributed by atoms with Gasteiger partial charge >= 0.3 is 0 Å². The normalized spacial score (nSPS) is 10.8. The highest BCUT2D eigenvalue weighted by atomic mass is 16.5. The lowest BCUT2D eigenvalue weighted by Crippen LogP contribution is -2.15. The van der Waals surface area contributed by atoms with E-state index in [9.17, 15) is 0 Å². The third kappa shape index (κ3) is 5.49. The summed E-state index contributed by atoms with van der Waals surface area (Å²) >= 11 is 0. The van der Waals surface area contributed by atoms with Crippen molar-refractivity contribution in [3.05, 3.63) is 11.7 Å². The Morgan fingerprint density at radius 3 is 2.73 bits per heavy atom. The summed E-state index contributed by atoms with van der Waals surface area (Å²) in [5.41, 5.74) is 5.40. The zero-order valence-corrected chi connectivity index (χ0v) is 9.33. The third-order valence-electron chi connectivity index (χ3n) is 2.15. The van der Waals surface area contributed by atoms with Crippen LogP contribution in [0.2, 0.25) is 0 Å². The predicted molar refractivity (Wildman–Crippen MR) is 58.3 cm³/mol. The van der Waals surface area contributed by atoms with E-state index in [1.54, 1.807) is 0 Å². The molecule has 5 nitrogen and oxygen atoms in total. The molecule has 0 atom stereocenters. The van der Waals surface area contributed by atoms with Gasteiger partial charge in [0.05, 0.1) is 6.54 Å². The number of unbranched alkanes of at least 4 members (excludes halogenated alkanes) is 3. The lowest BCUT2D eigenvalue weighted by atomic mass is 10.2. The smallest absolute Gasteiger partial charge is 0.240 e. The maximum atomic E-state index is 5.40. The van der Waals surface area contributed by atoms with Crippen LogP contribution in [0.15, 0.2) is 4.52 Å². The van der Waals surface area contributed by atoms with Crippen LogP contribution in [0, 0.1) is 6.92 Å². The molecule has 1 aromatic heterocycles. The van der Waals surface area contributed by atoms with Crippen LogP contribution in [0.25, 0.3) is 0 Å². The molecule has 15 heavy (non-hydrogen) atoms. The van der Waals surface area contributed by atoms with Crippen molar-refractivity contribution < 1.29 is 4.52 Å². The van der Waals surface area contributed by atoms with Crippen molar-refractivity contribution >= 4 is 0 Å². The van der Waals surface area contributed by atoms with Crippen LogP contribution in [0.1, 0.15) is 37.4 Å². The molecule has 1 rings (SSSR count). The van der Waals surface area contributed by atoms with Gasteiger partial charge in [0.25, 0.3) is 0 Å². The average molecular weight is 212 g/mol. The number of hydrogen-bond donors (Lipinski definition) is 2. The quantitative estimate of drug-likeness (QED) is 0.628. The lowest BCUT2D eigenvalue weighted by molar-refractivity contribution is 0.363. The summed E-state index contributed by atoms with van der Waals surface area (Å²) in [6, 6.07) is 0. The van der Waals surface area contributed by atoms with Gasteiger partial charge in [0.1, 0.15) is 0 Å². The van der Waals surface area contributed by atoms with Gasteiger partial charge in [-0.05, 0) is 32.9 Å². The van der Waals surface area contributed by atoms with Crippen molar-refractivity contribution in [1.82, 2.24) is 15.5 Å². The van der Waals surface area contributed by atoms with Gasteiger partial charge in [-0.2, -0.15) is 4.98 Å². The lowest BCUT2D eigenvalue weighted by Gasteiger charge is -2.01. The summed E-state index contributed by atoms with van der Waals surface area (Å²) in [6.45, 7) is 4.28. The van der Waals surface area contributed by atoms with Gasteiger partial charge in [-0.25, -0.2) is 0 Å². The topological polar surface area (TPSA) is 77.0 Å². The molecular formula is C10H20N4O. The van der Waals surface area contributed by atoms with Gasteiger partial charge in [-0.1, -0.05) is 18.0 Å². The molecular weight excluding hydrogens is 192 g/mol. The standard InChI is InChI=1S/C10H20N4O/c1-9-13-10(15-14-9)8-12-7-5-3-2-4-6-11/h12H,2-8,11H2,1H3. The Kier molecular flexibility index (Phi) is 5.96. The van der Waals surface area contributed by atoms with E-state index in [1.807, 2.05) is 6.92 Å². The first kappa shape index (κ1) is 12.1. The molecule has 0 fully saturated rings. The molecule has 1 heterocycles. The van der Waals surface area contributed by atoms with Crippen LogP contribution < -0.4 is 11.1 Å². The first-order valence-corrected chi connectivity index (χ1v) is 5.53. The molecule has 0 aliphatic carbocycles. The zero-order chi connectivity index (χ0) is 10.9. The van der Waals surface area contributed by atoms with Crippen molar-refractivity contribution in [1.29, 1.82) is 0 Å². The number of aryl methyl sites for hydroxylation is 1. The highest BCUT2D eigenvalue weighted by Gasteiger charge is 2.00. The van der Waals surface area contributed by atoms with Crippen LogP contribution in [0.3, 0.4) is 0 Å². The summed E-state index contributed by atoms with van der Waals surface area (Å²) < 4.78 is 4.97. The van der Waals surface area contributed by atoms with Crippen LogP contribution >= 0.6 is 0 Å². The molecule has 0 saturated heterocycles. The van der Waals surface area contributed by atoms with E-state index in [-0.39, 0.29) is 0 Å².